The van der Waals surface area contributed by atoms with Crippen molar-refractivity contribution in [1.29, 1.82) is 0 Å². The molecule has 2 N–H and O–H groups in total. The molecule has 21 heavy (non-hydrogen) atoms. The van der Waals surface area contributed by atoms with Gasteiger partial charge in [0.15, 0.2) is 9.84 Å². The molecule has 0 spiro atoms. The van der Waals surface area contributed by atoms with Crippen molar-refractivity contribution in [3.05, 3.63) is 35.7 Å². The summed E-state index contributed by atoms with van der Waals surface area (Å²) in [7, 11) is -3.25. The van der Waals surface area contributed by atoms with Crippen LogP contribution in [-0.4, -0.2) is 29.9 Å². The van der Waals surface area contributed by atoms with Gasteiger partial charge >= 0.3 is 6.18 Å². The third-order valence-corrected chi connectivity index (χ3v) is 3.20. The van der Waals surface area contributed by atoms with Crippen LogP contribution in [0.4, 0.5) is 24.8 Å². The van der Waals surface area contributed by atoms with Crippen LogP contribution in [0.3, 0.4) is 0 Å². The van der Waals surface area contributed by atoms with Crippen LogP contribution >= 0.6 is 0 Å². The highest BCUT2D eigenvalue weighted by Crippen LogP contribution is 2.30. The summed E-state index contributed by atoms with van der Waals surface area (Å²) in [4.78, 5) is 3.88. The van der Waals surface area contributed by atoms with E-state index in [0.717, 1.165) is 18.4 Å². The van der Waals surface area contributed by atoms with Crippen LogP contribution in [0.25, 0.3) is 0 Å². The van der Waals surface area contributed by atoms with Crippen LogP contribution in [0.15, 0.2) is 24.3 Å². The highest BCUT2D eigenvalue weighted by Gasteiger charge is 2.29. The van der Waals surface area contributed by atoms with Gasteiger partial charge in [-0.3, -0.25) is 5.10 Å². The summed E-state index contributed by atoms with van der Waals surface area (Å²) in [5, 5.41) is 8.84. The topological polar surface area (TPSA) is 87.7 Å². The molecule has 0 saturated heterocycles. The Hall–Kier alpha value is -2.10. The van der Waals surface area contributed by atoms with Gasteiger partial charge in [-0.15, -0.1) is 5.10 Å². The van der Waals surface area contributed by atoms with Gasteiger partial charge in [-0.1, -0.05) is 0 Å². The minimum absolute atomic E-state index is 0.0772. The number of benzene rings is 1. The van der Waals surface area contributed by atoms with Crippen molar-refractivity contribution in [2.24, 2.45) is 0 Å². The molecule has 0 fully saturated rings. The Balaban J connectivity index is 2.09. The number of aromatic amines is 1. The molecular formula is C11H11F3N4O2S. The molecule has 2 rings (SSSR count). The van der Waals surface area contributed by atoms with E-state index >= 15 is 0 Å². The Bertz CT molecular complexity index is 723. The highest BCUT2D eigenvalue weighted by molar-refractivity contribution is 7.89. The lowest BCUT2D eigenvalue weighted by atomic mass is 10.2. The molecule has 0 atom stereocenters. The molecule has 114 valence electrons. The summed E-state index contributed by atoms with van der Waals surface area (Å²) in [6.07, 6.45) is -3.34. The predicted octanol–water partition coefficient (Wildman–Crippen LogP) is 2.11. The molecule has 2 aromatic rings. The third-order valence-electron chi connectivity index (χ3n) is 2.40. The lowest BCUT2D eigenvalue weighted by Crippen LogP contribution is -2.04. The van der Waals surface area contributed by atoms with Gasteiger partial charge in [0.25, 0.3) is 0 Å². The molecule has 0 bridgehead atoms. The van der Waals surface area contributed by atoms with Crippen molar-refractivity contribution in [1.82, 2.24) is 15.2 Å². The number of sulfone groups is 1. The quantitative estimate of drug-likeness (QED) is 0.901. The minimum atomic E-state index is -4.40. The summed E-state index contributed by atoms with van der Waals surface area (Å²) < 4.78 is 59.4. The number of H-pyrrole nitrogens is 1. The Kier molecular flexibility index (Phi) is 3.90. The first-order valence-electron chi connectivity index (χ1n) is 5.67. The minimum Gasteiger partial charge on any atom is -0.323 e. The zero-order valence-electron chi connectivity index (χ0n) is 10.8. The number of hydrogen-bond donors (Lipinski definition) is 2. The maximum absolute atomic E-state index is 12.4. The number of alkyl halides is 3. The third kappa shape index (κ3) is 4.45. The van der Waals surface area contributed by atoms with Gasteiger partial charge in [0, 0.05) is 11.9 Å². The van der Waals surface area contributed by atoms with E-state index in [1.807, 2.05) is 0 Å². The van der Waals surface area contributed by atoms with Crippen LogP contribution in [0, 0.1) is 0 Å². The lowest BCUT2D eigenvalue weighted by molar-refractivity contribution is -0.137. The van der Waals surface area contributed by atoms with E-state index in [0.29, 0.717) is 5.69 Å². The zero-order chi connectivity index (χ0) is 15.7. The molecule has 0 radical (unpaired) electrons. The van der Waals surface area contributed by atoms with E-state index in [1.54, 1.807) is 0 Å². The molecular weight excluding hydrogens is 309 g/mol. The number of halogens is 3. The van der Waals surface area contributed by atoms with Crippen molar-refractivity contribution in [2.45, 2.75) is 11.9 Å². The number of nitrogens with zero attached hydrogens (tertiary/aromatic N) is 2. The van der Waals surface area contributed by atoms with Gasteiger partial charge in [-0.2, -0.15) is 18.2 Å². The summed E-state index contributed by atoms with van der Waals surface area (Å²) >= 11 is 0. The molecule has 0 aliphatic heterocycles. The lowest BCUT2D eigenvalue weighted by Gasteiger charge is -2.07. The average molecular weight is 320 g/mol. The smallest absolute Gasteiger partial charge is 0.323 e. The standard InChI is InChI=1S/C11H11F3N4O2S/c1-21(19,20)6-9-16-10(18-17-9)15-8-4-2-7(3-5-8)11(12,13)14/h2-5H,6H2,1H3,(H2,15,16,17,18). The first-order valence-corrected chi connectivity index (χ1v) is 7.73. The maximum Gasteiger partial charge on any atom is 0.416 e. The molecule has 0 saturated carbocycles. The first kappa shape index (κ1) is 15.3. The number of anilines is 2. The molecule has 0 aliphatic rings. The molecule has 1 aromatic heterocycles. The summed E-state index contributed by atoms with van der Waals surface area (Å²) in [5.74, 6) is -0.0744. The van der Waals surface area contributed by atoms with Crippen molar-refractivity contribution in [2.75, 3.05) is 11.6 Å². The Morgan fingerprint density at radius 3 is 2.38 bits per heavy atom. The van der Waals surface area contributed by atoms with Crippen LogP contribution in [-0.2, 0) is 21.8 Å². The predicted molar refractivity (Wildman–Crippen MR) is 69.7 cm³/mol. The van der Waals surface area contributed by atoms with Crippen LogP contribution in [0.5, 0.6) is 0 Å². The normalized spacial score (nSPS) is 12.4. The van der Waals surface area contributed by atoms with Gasteiger partial charge in [-0.05, 0) is 24.3 Å². The fourth-order valence-corrected chi connectivity index (χ4v) is 2.16. The van der Waals surface area contributed by atoms with Crippen molar-refractivity contribution in [3.8, 4) is 0 Å². The van der Waals surface area contributed by atoms with E-state index in [-0.39, 0.29) is 17.5 Å². The molecule has 0 aliphatic carbocycles. The summed E-state index contributed by atoms with van der Waals surface area (Å²) in [6.45, 7) is 0. The number of aromatic nitrogens is 3. The average Bonchev–Trinajstić information content (AvgIpc) is 2.73. The molecule has 6 nitrogen and oxygen atoms in total. The van der Waals surface area contributed by atoms with E-state index < -0.39 is 21.6 Å². The van der Waals surface area contributed by atoms with Crippen molar-refractivity contribution in [3.63, 3.8) is 0 Å². The fourth-order valence-electron chi connectivity index (χ4n) is 1.54. The Labute approximate surface area is 118 Å². The largest absolute Gasteiger partial charge is 0.416 e. The second-order valence-electron chi connectivity index (χ2n) is 4.38. The van der Waals surface area contributed by atoms with Gasteiger partial charge in [0.2, 0.25) is 5.95 Å². The number of hydrogen-bond acceptors (Lipinski definition) is 5. The van der Waals surface area contributed by atoms with E-state index in [2.05, 4.69) is 20.5 Å². The monoisotopic (exact) mass is 320 g/mol. The van der Waals surface area contributed by atoms with E-state index in [9.17, 15) is 21.6 Å². The summed E-state index contributed by atoms with van der Waals surface area (Å²) in [5.41, 5.74) is -0.409. The van der Waals surface area contributed by atoms with Crippen LogP contribution in [0.2, 0.25) is 0 Å². The van der Waals surface area contributed by atoms with Crippen LogP contribution in [0.1, 0.15) is 11.4 Å². The Morgan fingerprint density at radius 1 is 1.24 bits per heavy atom. The van der Waals surface area contributed by atoms with Gasteiger partial charge in [0.05, 0.1) is 5.56 Å². The van der Waals surface area contributed by atoms with Gasteiger partial charge in [-0.25, -0.2) is 8.42 Å². The van der Waals surface area contributed by atoms with E-state index in [1.165, 1.54) is 12.1 Å². The van der Waals surface area contributed by atoms with E-state index in [4.69, 9.17) is 0 Å². The molecule has 1 heterocycles. The maximum atomic E-state index is 12.4. The second-order valence-corrected chi connectivity index (χ2v) is 6.52. The summed E-state index contributed by atoms with van der Waals surface area (Å²) in [6, 6.07) is 4.31. The zero-order valence-corrected chi connectivity index (χ0v) is 11.6. The fraction of sp³-hybridized carbons (Fsp3) is 0.273. The molecule has 0 amide bonds. The van der Waals surface area contributed by atoms with Crippen LogP contribution < -0.4 is 5.32 Å². The molecule has 0 unspecified atom stereocenters. The molecule has 1 aromatic carbocycles. The second kappa shape index (κ2) is 5.35. The van der Waals surface area contributed by atoms with Crippen molar-refractivity contribution >= 4 is 21.5 Å². The Morgan fingerprint density at radius 2 is 1.86 bits per heavy atom. The van der Waals surface area contributed by atoms with Crippen molar-refractivity contribution < 1.29 is 21.6 Å². The highest BCUT2D eigenvalue weighted by atomic mass is 32.2. The van der Waals surface area contributed by atoms with Gasteiger partial charge in [0.1, 0.15) is 11.6 Å². The number of nitrogens with one attached hydrogen (secondary N) is 2. The van der Waals surface area contributed by atoms with Gasteiger partial charge < -0.3 is 5.32 Å². The first-order chi connectivity index (χ1) is 9.63. The SMILES string of the molecule is CS(=O)(=O)Cc1nc(Nc2ccc(C(F)(F)F)cc2)n[nH]1. The molecule has 10 heteroatoms. The number of rotatable bonds is 4.